The van der Waals surface area contributed by atoms with Gasteiger partial charge in [-0.15, -0.1) is 0 Å². The largest absolute Gasteiger partial charge is 0.352 e. The van der Waals surface area contributed by atoms with E-state index in [4.69, 9.17) is 0 Å². The Bertz CT molecular complexity index is 909. The van der Waals surface area contributed by atoms with E-state index in [0.717, 1.165) is 32.5 Å². The molecule has 2 aromatic carbocycles. The SMILES string of the molecule is CS(=O)(=O)Cc1cccc(C(=O)NCCCN2CCc3ccccc3C2)c1. The van der Waals surface area contributed by atoms with Gasteiger partial charge in [0.05, 0.1) is 5.75 Å². The predicted octanol–water partition coefficient (Wildman–Crippen LogP) is 2.41. The van der Waals surface area contributed by atoms with Crippen molar-refractivity contribution in [2.75, 3.05) is 25.9 Å². The first-order valence-corrected chi connectivity index (χ1v) is 11.3. The van der Waals surface area contributed by atoms with E-state index in [9.17, 15) is 13.2 Å². The van der Waals surface area contributed by atoms with Crippen molar-refractivity contribution in [1.29, 1.82) is 0 Å². The number of sulfone groups is 1. The quantitative estimate of drug-likeness (QED) is 0.742. The lowest BCUT2D eigenvalue weighted by Crippen LogP contribution is -2.33. The predicted molar refractivity (Wildman–Crippen MR) is 107 cm³/mol. The molecule has 0 radical (unpaired) electrons. The molecule has 5 nitrogen and oxygen atoms in total. The van der Waals surface area contributed by atoms with Crippen LogP contribution in [-0.4, -0.2) is 45.1 Å². The van der Waals surface area contributed by atoms with Gasteiger partial charge in [-0.05, 0) is 41.7 Å². The molecule has 2 aromatic rings. The Morgan fingerprint density at radius 3 is 2.67 bits per heavy atom. The van der Waals surface area contributed by atoms with E-state index in [0.29, 0.717) is 17.7 Å². The third-order valence-electron chi connectivity index (χ3n) is 4.76. The fraction of sp³-hybridized carbons (Fsp3) is 0.381. The summed E-state index contributed by atoms with van der Waals surface area (Å²) in [5.74, 6) is -0.209. The molecule has 1 heterocycles. The fourth-order valence-electron chi connectivity index (χ4n) is 3.46. The summed E-state index contributed by atoms with van der Waals surface area (Å²) in [5, 5.41) is 2.93. The third-order valence-corrected chi connectivity index (χ3v) is 5.62. The summed E-state index contributed by atoms with van der Waals surface area (Å²) in [6, 6.07) is 15.4. The normalized spacial score (nSPS) is 14.6. The summed E-state index contributed by atoms with van der Waals surface area (Å²) >= 11 is 0. The van der Waals surface area contributed by atoms with Gasteiger partial charge < -0.3 is 5.32 Å². The highest BCUT2D eigenvalue weighted by Crippen LogP contribution is 2.18. The maximum absolute atomic E-state index is 12.3. The van der Waals surface area contributed by atoms with E-state index < -0.39 is 9.84 Å². The Balaban J connectivity index is 1.44. The van der Waals surface area contributed by atoms with Crippen molar-refractivity contribution in [1.82, 2.24) is 10.2 Å². The molecular formula is C21H26N2O3S. The van der Waals surface area contributed by atoms with Gasteiger partial charge in [0.2, 0.25) is 0 Å². The number of hydrogen-bond acceptors (Lipinski definition) is 4. The summed E-state index contributed by atoms with van der Waals surface area (Å²) in [4.78, 5) is 14.7. The second-order valence-electron chi connectivity index (χ2n) is 7.17. The molecule has 27 heavy (non-hydrogen) atoms. The molecule has 6 heteroatoms. The van der Waals surface area contributed by atoms with Crippen molar-refractivity contribution in [2.45, 2.75) is 25.1 Å². The summed E-state index contributed by atoms with van der Waals surface area (Å²) in [7, 11) is -3.11. The minimum atomic E-state index is -3.11. The second-order valence-corrected chi connectivity index (χ2v) is 9.31. The number of amides is 1. The molecule has 0 spiro atoms. The topological polar surface area (TPSA) is 66.5 Å². The van der Waals surface area contributed by atoms with Gasteiger partial charge in [-0.1, -0.05) is 36.4 Å². The van der Waals surface area contributed by atoms with Gasteiger partial charge in [-0.3, -0.25) is 9.69 Å². The minimum Gasteiger partial charge on any atom is -0.352 e. The molecule has 0 fully saturated rings. The maximum atomic E-state index is 12.3. The molecular weight excluding hydrogens is 360 g/mol. The summed E-state index contributed by atoms with van der Waals surface area (Å²) in [5.41, 5.74) is 3.98. The van der Waals surface area contributed by atoms with Crippen molar-refractivity contribution in [3.05, 3.63) is 70.8 Å². The van der Waals surface area contributed by atoms with Crippen molar-refractivity contribution in [2.24, 2.45) is 0 Å². The van der Waals surface area contributed by atoms with Gasteiger partial charge in [-0.25, -0.2) is 8.42 Å². The lowest BCUT2D eigenvalue weighted by molar-refractivity contribution is 0.0951. The highest BCUT2D eigenvalue weighted by Gasteiger charge is 2.15. The molecule has 0 aromatic heterocycles. The van der Waals surface area contributed by atoms with Gasteiger partial charge >= 0.3 is 0 Å². The summed E-state index contributed by atoms with van der Waals surface area (Å²) < 4.78 is 22.8. The Kier molecular flexibility index (Phi) is 6.29. The van der Waals surface area contributed by atoms with Crippen LogP contribution in [0.15, 0.2) is 48.5 Å². The molecule has 0 atom stereocenters. The van der Waals surface area contributed by atoms with Crippen molar-refractivity contribution in [3.8, 4) is 0 Å². The monoisotopic (exact) mass is 386 g/mol. The van der Waals surface area contributed by atoms with E-state index in [2.05, 4.69) is 34.5 Å². The number of nitrogens with one attached hydrogen (secondary N) is 1. The van der Waals surface area contributed by atoms with Crippen LogP contribution in [0.3, 0.4) is 0 Å². The molecule has 1 amide bonds. The third kappa shape index (κ3) is 5.91. The van der Waals surface area contributed by atoms with E-state index in [-0.39, 0.29) is 11.7 Å². The van der Waals surface area contributed by atoms with Crippen LogP contribution < -0.4 is 5.32 Å². The number of hydrogen-bond donors (Lipinski definition) is 1. The molecule has 1 N–H and O–H groups in total. The number of nitrogens with zero attached hydrogens (tertiary/aromatic N) is 1. The number of carbonyl (C=O) groups is 1. The van der Waals surface area contributed by atoms with Gasteiger partial charge in [0.15, 0.2) is 9.84 Å². The van der Waals surface area contributed by atoms with Gasteiger partial charge in [0, 0.05) is 38.0 Å². The number of carbonyl (C=O) groups excluding carboxylic acids is 1. The first-order valence-electron chi connectivity index (χ1n) is 9.25. The van der Waals surface area contributed by atoms with E-state index in [1.54, 1.807) is 24.3 Å². The number of benzene rings is 2. The zero-order valence-electron chi connectivity index (χ0n) is 15.6. The lowest BCUT2D eigenvalue weighted by Gasteiger charge is -2.28. The van der Waals surface area contributed by atoms with Crippen molar-refractivity contribution < 1.29 is 13.2 Å². The van der Waals surface area contributed by atoms with Crippen LogP contribution in [0.2, 0.25) is 0 Å². The standard InChI is InChI=1S/C21H26N2O3S/c1-27(25,26)16-17-6-4-9-19(14-17)21(24)22-11-5-12-23-13-10-18-7-2-3-8-20(18)15-23/h2-4,6-9,14H,5,10-13,15-16H2,1H3,(H,22,24). The molecule has 0 bridgehead atoms. The van der Waals surface area contributed by atoms with Crippen LogP contribution in [0, 0.1) is 0 Å². The smallest absolute Gasteiger partial charge is 0.251 e. The van der Waals surface area contributed by atoms with E-state index in [1.807, 2.05) is 0 Å². The van der Waals surface area contributed by atoms with E-state index >= 15 is 0 Å². The molecule has 144 valence electrons. The molecule has 1 aliphatic heterocycles. The average Bonchev–Trinajstić information content (AvgIpc) is 2.64. The van der Waals surface area contributed by atoms with Gasteiger partial charge in [0.1, 0.15) is 0 Å². The highest BCUT2D eigenvalue weighted by atomic mass is 32.2. The van der Waals surface area contributed by atoms with Crippen LogP contribution in [0.25, 0.3) is 0 Å². The van der Waals surface area contributed by atoms with Crippen LogP contribution in [-0.2, 0) is 28.6 Å². The Labute approximate surface area is 161 Å². The van der Waals surface area contributed by atoms with Crippen LogP contribution in [0.4, 0.5) is 0 Å². The van der Waals surface area contributed by atoms with E-state index in [1.165, 1.54) is 17.4 Å². The zero-order valence-corrected chi connectivity index (χ0v) is 16.5. The van der Waals surface area contributed by atoms with Crippen LogP contribution in [0.1, 0.15) is 33.5 Å². The molecule has 1 aliphatic rings. The molecule has 0 saturated carbocycles. The molecule has 0 unspecified atom stereocenters. The number of fused-ring (bicyclic) bond motifs is 1. The maximum Gasteiger partial charge on any atom is 0.251 e. The minimum absolute atomic E-state index is 0.0510. The molecule has 3 rings (SSSR count). The first-order chi connectivity index (χ1) is 12.9. The zero-order chi connectivity index (χ0) is 19.3. The van der Waals surface area contributed by atoms with Crippen LogP contribution >= 0.6 is 0 Å². The summed E-state index contributed by atoms with van der Waals surface area (Å²) in [6.07, 6.45) is 3.16. The molecule has 0 aliphatic carbocycles. The summed E-state index contributed by atoms with van der Waals surface area (Å²) in [6.45, 7) is 3.58. The van der Waals surface area contributed by atoms with Gasteiger partial charge in [0.25, 0.3) is 5.91 Å². The first kappa shape index (κ1) is 19.6. The Hall–Kier alpha value is -2.18. The lowest BCUT2D eigenvalue weighted by atomic mass is 10.00. The second kappa shape index (κ2) is 8.67. The van der Waals surface area contributed by atoms with Crippen LogP contribution in [0.5, 0.6) is 0 Å². The number of rotatable bonds is 7. The van der Waals surface area contributed by atoms with Crippen molar-refractivity contribution >= 4 is 15.7 Å². The van der Waals surface area contributed by atoms with Crippen molar-refractivity contribution in [3.63, 3.8) is 0 Å². The average molecular weight is 387 g/mol. The Morgan fingerprint density at radius 1 is 1.11 bits per heavy atom. The molecule has 0 saturated heterocycles. The fourth-order valence-corrected chi connectivity index (χ4v) is 4.24. The van der Waals surface area contributed by atoms with Gasteiger partial charge in [-0.2, -0.15) is 0 Å². The Morgan fingerprint density at radius 2 is 1.89 bits per heavy atom. The highest BCUT2D eigenvalue weighted by molar-refractivity contribution is 7.89.